The van der Waals surface area contributed by atoms with E-state index in [0.29, 0.717) is 0 Å². The molecule has 68 heavy (non-hydrogen) atoms. The van der Waals surface area contributed by atoms with Crippen LogP contribution in [0, 0.1) is 0 Å². The van der Waals surface area contributed by atoms with Gasteiger partial charge in [0.2, 0.25) is 0 Å². The molecule has 11 nitrogen and oxygen atoms in total. The number of hydrogen-bond acceptors (Lipinski definition) is 11. The van der Waals surface area contributed by atoms with E-state index in [1.165, 1.54) is 0 Å². The van der Waals surface area contributed by atoms with Crippen molar-refractivity contribution in [2.45, 2.75) is 107 Å². The quantitative estimate of drug-likeness (QED) is 0.0698. The van der Waals surface area contributed by atoms with Gasteiger partial charge in [0.25, 0.3) is 0 Å². The van der Waals surface area contributed by atoms with Gasteiger partial charge in [-0.2, -0.15) is 0 Å². The van der Waals surface area contributed by atoms with Crippen LogP contribution in [0.1, 0.15) is 46.1 Å². The Labute approximate surface area is 399 Å². The zero-order valence-electron chi connectivity index (χ0n) is 38.1. The molecule has 3 heterocycles. The van der Waals surface area contributed by atoms with Gasteiger partial charge in [-0.15, -0.1) is 6.58 Å². The van der Waals surface area contributed by atoms with Crippen molar-refractivity contribution >= 4 is 0 Å². The van der Waals surface area contributed by atoms with Gasteiger partial charge in [0.05, 0.1) is 46.2 Å². The molecule has 11 heteroatoms. The van der Waals surface area contributed by atoms with Crippen LogP contribution in [0.2, 0.25) is 0 Å². The van der Waals surface area contributed by atoms with Crippen molar-refractivity contribution < 1.29 is 52.5 Å². The van der Waals surface area contributed by atoms with Gasteiger partial charge in [0.1, 0.15) is 48.8 Å². The first-order valence-electron chi connectivity index (χ1n) is 23.4. The number of ether oxygens (including phenoxy) is 10. The van der Waals surface area contributed by atoms with Gasteiger partial charge in [-0.25, -0.2) is 0 Å². The van der Waals surface area contributed by atoms with Crippen molar-refractivity contribution in [1.82, 2.24) is 0 Å². The van der Waals surface area contributed by atoms with Crippen molar-refractivity contribution in [2.75, 3.05) is 13.2 Å². The standard InChI is InChI=1S/C57H60O11/c1-2-33-57(58)54(63-38-45-29-17-7-18-30-45)52(61-36-43-25-13-5-14-26-43)50(48(68-57)39-59-34-41-21-9-3-10-22-41)67-56-53(62-37-44-27-15-6-16-28-44)51(60-35-42-23-11-4-12-24-42)49-47(65-56)40-64-55(66-49)46-31-19-8-20-32-46/h2-32,47-56,58H,1,33-40H2/t47-,48-,49+,50-,51+,52+,53-,54-,55+,56+,57?/m1/s1. The summed E-state index contributed by atoms with van der Waals surface area (Å²) in [6.07, 6.45) is -6.91. The predicted molar refractivity (Wildman–Crippen MR) is 254 cm³/mol. The molecule has 3 saturated heterocycles. The molecule has 11 atom stereocenters. The predicted octanol–water partition coefficient (Wildman–Crippen LogP) is 9.43. The average molecular weight is 921 g/mol. The lowest BCUT2D eigenvalue weighted by atomic mass is 9.89. The van der Waals surface area contributed by atoms with E-state index in [2.05, 4.69) is 6.58 Å². The Kier molecular flexibility index (Phi) is 16.7. The van der Waals surface area contributed by atoms with Gasteiger partial charge in [-0.05, 0) is 27.8 Å². The largest absolute Gasteiger partial charge is 0.374 e. The van der Waals surface area contributed by atoms with Crippen LogP contribution >= 0.6 is 0 Å². The number of aliphatic hydroxyl groups is 1. The second-order valence-corrected chi connectivity index (χ2v) is 17.3. The van der Waals surface area contributed by atoms with Crippen LogP contribution in [-0.2, 0) is 80.4 Å². The highest BCUT2D eigenvalue weighted by atomic mass is 16.8. The van der Waals surface area contributed by atoms with E-state index < -0.39 is 67.2 Å². The number of fused-ring (bicyclic) bond motifs is 1. The van der Waals surface area contributed by atoms with E-state index in [9.17, 15) is 5.11 Å². The number of benzene rings is 6. The molecule has 6 aromatic carbocycles. The van der Waals surface area contributed by atoms with E-state index in [-0.39, 0.29) is 52.7 Å². The zero-order chi connectivity index (χ0) is 46.4. The van der Waals surface area contributed by atoms with E-state index in [0.717, 1.165) is 33.4 Å². The maximum atomic E-state index is 12.7. The summed E-state index contributed by atoms with van der Waals surface area (Å²) in [7, 11) is 0. The van der Waals surface area contributed by atoms with E-state index in [1.54, 1.807) is 6.08 Å². The Morgan fingerprint density at radius 2 is 0.985 bits per heavy atom. The molecule has 6 aromatic rings. The monoisotopic (exact) mass is 920 g/mol. The lowest BCUT2D eigenvalue weighted by Gasteiger charge is -2.53. The number of hydrogen-bond donors (Lipinski definition) is 1. The molecule has 3 aliphatic heterocycles. The third-order valence-corrected chi connectivity index (χ3v) is 12.4. The molecule has 0 saturated carbocycles. The third kappa shape index (κ3) is 12.3. The second kappa shape index (κ2) is 23.8. The molecular formula is C57H60O11. The minimum atomic E-state index is -1.90. The topological polar surface area (TPSA) is 113 Å². The van der Waals surface area contributed by atoms with Gasteiger partial charge in [0, 0.05) is 12.0 Å². The zero-order valence-corrected chi connectivity index (χ0v) is 38.1. The summed E-state index contributed by atoms with van der Waals surface area (Å²) in [6.45, 7) is 5.30. The summed E-state index contributed by atoms with van der Waals surface area (Å²) in [5, 5.41) is 12.7. The van der Waals surface area contributed by atoms with Gasteiger partial charge in [-0.3, -0.25) is 0 Å². The number of rotatable bonds is 21. The van der Waals surface area contributed by atoms with Crippen LogP contribution in [0.4, 0.5) is 0 Å². The summed E-state index contributed by atoms with van der Waals surface area (Å²) < 4.78 is 68.5. The molecule has 1 unspecified atom stereocenters. The maximum absolute atomic E-state index is 12.7. The lowest BCUT2D eigenvalue weighted by molar-refractivity contribution is -0.409. The summed E-state index contributed by atoms with van der Waals surface area (Å²) >= 11 is 0. The lowest BCUT2D eigenvalue weighted by Crippen LogP contribution is -2.69. The smallest absolute Gasteiger partial charge is 0.198 e. The highest BCUT2D eigenvalue weighted by molar-refractivity contribution is 5.19. The second-order valence-electron chi connectivity index (χ2n) is 17.3. The molecular weight excluding hydrogens is 861 g/mol. The normalized spacial score (nSPS) is 28.1. The van der Waals surface area contributed by atoms with Crippen LogP contribution in [-0.4, -0.2) is 79.2 Å². The first kappa shape index (κ1) is 47.7. The van der Waals surface area contributed by atoms with E-state index in [4.69, 9.17) is 47.4 Å². The van der Waals surface area contributed by atoms with E-state index in [1.807, 2.05) is 182 Å². The summed E-state index contributed by atoms with van der Waals surface area (Å²) in [5.41, 5.74) is 5.60. The molecule has 3 aliphatic rings. The molecule has 354 valence electrons. The first-order chi connectivity index (χ1) is 33.5. The van der Waals surface area contributed by atoms with Gasteiger partial charge < -0.3 is 52.5 Å². The van der Waals surface area contributed by atoms with Gasteiger partial charge in [0.15, 0.2) is 18.4 Å². The molecule has 3 fully saturated rings. The fourth-order valence-electron chi connectivity index (χ4n) is 8.99. The van der Waals surface area contributed by atoms with E-state index >= 15 is 0 Å². The Morgan fingerprint density at radius 3 is 1.50 bits per heavy atom. The van der Waals surface area contributed by atoms with Crippen molar-refractivity contribution in [3.8, 4) is 0 Å². The molecule has 0 aliphatic carbocycles. The van der Waals surface area contributed by atoms with Crippen LogP contribution in [0.25, 0.3) is 0 Å². The third-order valence-electron chi connectivity index (χ3n) is 12.4. The Morgan fingerprint density at radius 1 is 0.529 bits per heavy atom. The minimum Gasteiger partial charge on any atom is -0.374 e. The fourth-order valence-corrected chi connectivity index (χ4v) is 8.99. The maximum Gasteiger partial charge on any atom is 0.198 e. The first-order valence-corrected chi connectivity index (χ1v) is 23.4. The summed E-state index contributed by atoms with van der Waals surface area (Å²) in [6, 6.07) is 59.3. The van der Waals surface area contributed by atoms with Gasteiger partial charge >= 0.3 is 0 Å². The molecule has 0 spiro atoms. The van der Waals surface area contributed by atoms with Gasteiger partial charge in [-0.1, -0.05) is 188 Å². The highest BCUT2D eigenvalue weighted by Gasteiger charge is 2.59. The van der Waals surface area contributed by atoms with Crippen molar-refractivity contribution in [3.63, 3.8) is 0 Å². The molecule has 9 rings (SSSR count). The van der Waals surface area contributed by atoms with Crippen LogP contribution in [0.5, 0.6) is 0 Å². The van der Waals surface area contributed by atoms with Crippen LogP contribution in [0.3, 0.4) is 0 Å². The van der Waals surface area contributed by atoms with Crippen molar-refractivity contribution in [3.05, 3.63) is 228 Å². The average Bonchev–Trinajstić information content (AvgIpc) is 3.39. The Hall–Kier alpha value is -5.38. The van der Waals surface area contributed by atoms with Crippen molar-refractivity contribution in [2.24, 2.45) is 0 Å². The summed E-state index contributed by atoms with van der Waals surface area (Å²) in [4.78, 5) is 0. The highest BCUT2D eigenvalue weighted by Crippen LogP contribution is 2.42. The summed E-state index contributed by atoms with van der Waals surface area (Å²) in [5.74, 6) is -1.90. The fraction of sp³-hybridized carbons (Fsp3) is 0.333. The molecule has 0 bridgehead atoms. The van der Waals surface area contributed by atoms with Crippen LogP contribution < -0.4 is 0 Å². The van der Waals surface area contributed by atoms with Crippen molar-refractivity contribution in [1.29, 1.82) is 0 Å². The Bertz CT molecular complexity index is 2380. The molecule has 0 amide bonds. The minimum absolute atomic E-state index is 0.0167. The van der Waals surface area contributed by atoms with Crippen LogP contribution in [0.15, 0.2) is 195 Å². The Balaban J connectivity index is 1.10. The molecule has 0 radical (unpaired) electrons. The molecule has 0 aromatic heterocycles. The SMILES string of the molecule is C=CCC1(O)O[C@H](COCc2ccccc2)[C@@H](O[C@@H]2O[C@@H]3CO[C@H](c4ccccc4)O[C@@H]3[C@H](OCc3ccccc3)[C@H]2OCc2ccccc2)[C@H](OCc2ccccc2)[C@H]1OCc1ccccc1. The molecule has 1 N–H and O–H groups in total.